The van der Waals surface area contributed by atoms with Gasteiger partial charge in [0.1, 0.15) is 4.88 Å². The maximum absolute atomic E-state index is 11.7. The van der Waals surface area contributed by atoms with Crippen LogP contribution in [0.1, 0.15) is 15.2 Å². The van der Waals surface area contributed by atoms with Crippen LogP contribution in [0.3, 0.4) is 0 Å². The van der Waals surface area contributed by atoms with Crippen molar-refractivity contribution >= 4 is 44.8 Å². The minimum atomic E-state index is -0.469. The molecule has 1 aromatic carbocycles. The van der Waals surface area contributed by atoms with E-state index >= 15 is 0 Å². The molecule has 0 fully saturated rings. The lowest BCUT2D eigenvalue weighted by molar-refractivity contribution is -0.119. The Bertz CT molecular complexity index is 622. The van der Waals surface area contributed by atoms with Crippen LogP contribution in [0.4, 0.5) is 5.69 Å². The normalized spacial score (nSPS) is 10.1. The molecule has 0 saturated carbocycles. The van der Waals surface area contributed by atoms with Crippen molar-refractivity contribution in [3.05, 3.63) is 50.6 Å². The average Bonchev–Trinajstić information content (AvgIpc) is 2.85. The Morgan fingerprint density at radius 3 is 2.55 bits per heavy atom. The molecule has 0 aliphatic heterocycles. The number of carbonyl (C=O) groups excluding carboxylic acids is 2. The fraction of sp³-hybridized carbons (Fsp3) is 0.143. The number of ether oxygens (including phenoxy) is 1. The first-order valence-corrected chi connectivity index (χ1v) is 7.50. The highest BCUT2D eigenvalue weighted by Gasteiger charge is 2.13. The Kier molecular flexibility index (Phi) is 4.92. The van der Waals surface area contributed by atoms with E-state index in [1.165, 1.54) is 11.3 Å². The number of benzene rings is 1. The van der Waals surface area contributed by atoms with Gasteiger partial charge in [-0.05, 0) is 48.2 Å². The van der Waals surface area contributed by atoms with Crippen LogP contribution in [0, 0.1) is 6.92 Å². The Morgan fingerprint density at radius 2 is 1.95 bits per heavy atom. The van der Waals surface area contributed by atoms with Crippen LogP contribution in [0.15, 0.2) is 40.2 Å². The van der Waals surface area contributed by atoms with Gasteiger partial charge in [0, 0.05) is 10.2 Å². The predicted molar refractivity (Wildman–Crippen MR) is 82.1 cm³/mol. The number of amides is 1. The molecule has 6 heteroatoms. The van der Waals surface area contributed by atoms with Crippen LogP contribution in [0.2, 0.25) is 0 Å². The third-order valence-corrected chi connectivity index (χ3v) is 4.03. The van der Waals surface area contributed by atoms with Crippen LogP contribution in [0.25, 0.3) is 0 Å². The Hall–Kier alpha value is -1.66. The second kappa shape index (κ2) is 6.67. The lowest BCUT2D eigenvalue weighted by Gasteiger charge is -2.06. The molecule has 2 aromatic rings. The molecule has 0 aliphatic carbocycles. The van der Waals surface area contributed by atoms with Crippen molar-refractivity contribution in [2.75, 3.05) is 11.9 Å². The molecule has 4 nitrogen and oxygen atoms in total. The minimum Gasteiger partial charge on any atom is -0.451 e. The molecule has 0 saturated heterocycles. The number of anilines is 1. The zero-order valence-electron chi connectivity index (χ0n) is 10.7. The molecule has 0 bridgehead atoms. The van der Waals surface area contributed by atoms with E-state index in [0.717, 1.165) is 10.0 Å². The first-order chi connectivity index (χ1) is 9.56. The fourth-order valence-electron chi connectivity index (χ4n) is 1.51. The van der Waals surface area contributed by atoms with E-state index in [0.29, 0.717) is 10.6 Å². The molecule has 0 unspecified atom stereocenters. The topological polar surface area (TPSA) is 55.4 Å². The zero-order chi connectivity index (χ0) is 14.5. The molecule has 0 aliphatic rings. The lowest BCUT2D eigenvalue weighted by atomic mass is 10.3. The van der Waals surface area contributed by atoms with Gasteiger partial charge in [0.2, 0.25) is 0 Å². The molecular weight excluding hydrogens is 342 g/mol. The van der Waals surface area contributed by atoms with E-state index in [1.54, 1.807) is 12.1 Å². The Balaban J connectivity index is 1.85. The minimum absolute atomic E-state index is 0.299. The standard InChI is InChI=1S/C14H12BrNO3S/c1-9-6-7-20-13(9)14(18)19-8-12(17)16-11-4-2-10(15)3-5-11/h2-7H,8H2,1H3,(H,16,17). The third kappa shape index (κ3) is 3.91. The van der Waals surface area contributed by atoms with Gasteiger partial charge in [0.25, 0.3) is 5.91 Å². The molecular formula is C14H12BrNO3S. The summed E-state index contributed by atoms with van der Waals surface area (Å²) in [5.41, 5.74) is 1.51. The summed E-state index contributed by atoms with van der Waals surface area (Å²) in [7, 11) is 0. The van der Waals surface area contributed by atoms with Gasteiger partial charge in [-0.15, -0.1) is 11.3 Å². The second-order valence-corrected chi connectivity index (χ2v) is 5.90. The van der Waals surface area contributed by atoms with Gasteiger partial charge in [0.05, 0.1) is 0 Å². The van der Waals surface area contributed by atoms with E-state index in [9.17, 15) is 9.59 Å². The molecule has 0 spiro atoms. The van der Waals surface area contributed by atoms with Crippen LogP contribution in [-0.2, 0) is 9.53 Å². The third-order valence-electron chi connectivity index (χ3n) is 2.51. The average molecular weight is 354 g/mol. The van der Waals surface area contributed by atoms with Crippen molar-refractivity contribution in [2.45, 2.75) is 6.92 Å². The fourth-order valence-corrected chi connectivity index (χ4v) is 2.59. The van der Waals surface area contributed by atoms with Crippen LogP contribution in [-0.4, -0.2) is 18.5 Å². The van der Waals surface area contributed by atoms with Gasteiger partial charge in [-0.3, -0.25) is 4.79 Å². The van der Waals surface area contributed by atoms with Crippen molar-refractivity contribution in [3.63, 3.8) is 0 Å². The van der Waals surface area contributed by atoms with Crippen LogP contribution in [0.5, 0.6) is 0 Å². The van der Waals surface area contributed by atoms with E-state index in [2.05, 4.69) is 21.2 Å². The lowest BCUT2D eigenvalue weighted by Crippen LogP contribution is -2.20. The number of rotatable bonds is 4. The molecule has 1 amide bonds. The summed E-state index contributed by atoms with van der Waals surface area (Å²) in [6.07, 6.45) is 0. The number of esters is 1. The molecule has 20 heavy (non-hydrogen) atoms. The van der Waals surface area contributed by atoms with Gasteiger partial charge >= 0.3 is 5.97 Å². The molecule has 1 heterocycles. The summed E-state index contributed by atoms with van der Waals surface area (Å²) in [6.45, 7) is 1.53. The Labute approximate surface area is 128 Å². The molecule has 0 atom stereocenters. The highest BCUT2D eigenvalue weighted by molar-refractivity contribution is 9.10. The van der Waals surface area contributed by atoms with Crippen LogP contribution < -0.4 is 5.32 Å². The van der Waals surface area contributed by atoms with E-state index < -0.39 is 5.97 Å². The largest absolute Gasteiger partial charge is 0.451 e. The molecule has 104 valence electrons. The van der Waals surface area contributed by atoms with E-state index in [1.807, 2.05) is 30.5 Å². The Morgan fingerprint density at radius 1 is 1.25 bits per heavy atom. The quantitative estimate of drug-likeness (QED) is 0.854. The smallest absolute Gasteiger partial charge is 0.349 e. The number of carbonyl (C=O) groups is 2. The molecule has 1 N–H and O–H groups in total. The number of thiophene rings is 1. The van der Waals surface area contributed by atoms with Crippen molar-refractivity contribution < 1.29 is 14.3 Å². The highest BCUT2D eigenvalue weighted by Crippen LogP contribution is 2.17. The number of nitrogens with one attached hydrogen (secondary N) is 1. The maximum atomic E-state index is 11.7. The van der Waals surface area contributed by atoms with Crippen molar-refractivity contribution in [2.24, 2.45) is 0 Å². The van der Waals surface area contributed by atoms with Crippen molar-refractivity contribution in [1.82, 2.24) is 0 Å². The number of hydrogen-bond donors (Lipinski definition) is 1. The summed E-state index contributed by atoms with van der Waals surface area (Å²) in [6, 6.07) is 8.98. The highest BCUT2D eigenvalue weighted by atomic mass is 79.9. The summed E-state index contributed by atoms with van der Waals surface area (Å²) >= 11 is 4.61. The summed E-state index contributed by atoms with van der Waals surface area (Å²) in [5.74, 6) is -0.835. The summed E-state index contributed by atoms with van der Waals surface area (Å²) < 4.78 is 5.90. The van der Waals surface area contributed by atoms with Crippen molar-refractivity contribution in [3.8, 4) is 0 Å². The first-order valence-electron chi connectivity index (χ1n) is 5.83. The van der Waals surface area contributed by atoms with E-state index in [-0.39, 0.29) is 12.5 Å². The second-order valence-electron chi connectivity index (χ2n) is 4.06. The van der Waals surface area contributed by atoms with Gasteiger partial charge in [-0.25, -0.2) is 4.79 Å². The first kappa shape index (κ1) is 14.7. The van der Waals surface area contributed by atoms with Gasteiger partial charge in [-0.2, -0.15) is 0 Å². The SMILES string of the molecule is Cc1ccsc1C(=O)OCC(=O)Nc1ccc(Br)cc1. The summed E-state index contributed by atoms with van der Waals surface area (Å²) in [4.78, 5) is 23.9. The zero-order valence-corrected chi connectivity index (χ0v) is 13.1. The summed E-state index contributed by atoms with van der Waals surface area (Å²) in [5, 5.41) is 4.46. The number of aryl methyl sites for hydroxylation is 1. The predicted octanol–water partition coefficient (Wildman–Crippen LogP) is 3.61. The number of hydrogen-bond acceptors (Lipinski definition) is 4. The van der Waals surface area contributed by atoms with Crippen LogP contribution >= 0.6 is 27.3 Å². The van der Waals surface area contributed by atoms with Gasteiger partial charge in [-0.1, -0.05) is 15.9 Å². The van der Waals surface area contributed by atoms with Gasteiger partial charge in [0.15, 0.2) is 6.61 Å². The molecule has 1 aromatic heterocycles. The molecule has 2 rings (SSSR count). The molecule has 0 radical (unpaired) electrons. The number of halogens is 1. The van der Waals surface area contributed by atoms with E-state index in [4.69, 9.17) is 4.74 Å². The van der Waals surface area contributed by atoms with Crippen molar-refractivity contribution in [1.29, 1.82) is 0 Å². The monoisotopic (exact) mass is 353 g/mol. The maximum Gasteiger partial charge on any atom is 0.349 e. The van der Waals surface area contributed by atoms with Gasteiger partial charge < -0.3 is 10.1 Å².